The van der Waals surface area contributed by atoms with Gasteiger partial charge in [0.15, 0.2) is 0 Å². The van der Waals surface area contributed by atoms with Crippen LogP contribution in [0.3, 0.4) is 0 Å². The zero-order valence-electron chi connectivity index (χ0n) is 16.6. The molecular formula is C25H18BrNO3S. The molecule has 3 aromatic carbocycles. The van der Waals surface area contributed by atoms with Crippen molar-refractivity contribution in [1.82, 2.24) is 4.90 Å². The number of carbonyl (C=O) groups is 1. The molecule has 0 radical (unpaired) electrons. The fourth-order valence-corrected chi connectivity index (χ4v) is 6.49. The van der Waals surface area contributed by atoms with Crippen LogP contribution in [-0.4, -0.2) is 23.1 Å². The van der Waals surface area contributed by atoms with Crippen LogP contribution in [0.2, 0.25) is 0 Å². The number of hydrogen-bond donors (Lipinski definition) is 0. The Morgan fingerprint density at radius 3 is 2.77 bits per heavy atom. The second-order valence-corrected chi connectivity index (χ2v) is 10.1. The number of aryl methyl sites for hydroxylation is 2. The molecule has 1 aliphatic carbocycles. The smallest absolute Gasteiger partial charge is 0.349 e. The third-order valence-electron chi connectivity index (χ3n) is 6.25. The van der Waals surface area contributed by atoms with Gasteiger partial charge in [0.1, 0.15) is 16.5 Å². The number of amides is 1. The van der Waals surface area contributed by atoms with E-state index in [1.165, 1.54) is 21.9 Å². The molecule has 1 aliphatic heterocycles. The van der Waals surface area contributed by atoms with Crippen LogP contribution in [0, 0.1) is 0 Å². The van der Waals surface area contributed by atoms with Crippen LogP contribution in [-0.2, 0) is 12.8 Å². The number of thioether (sulfide) groups is 1. The monoisotopic (exact) mass is 491 g/mol. The van der Waals surface area contributed by atoms with E-state index in [0.29, 0.717) is 12.1 Å². The first-order valence-corrected chi connectivity index (χ1v) is 12.1. The minimum absolute atomic E-state index is 0.0871. The number of halogens is 1. The molecule has 2 aliphatic rings. The maximum absolute atomic E-state index is 13.5. The molecule has 1 amide bonds. The molecular weight excluding hydrogens is 474 g/mol. The Morgan fingerprint density at radius 2 is 1.90 bits per heavy atom. The van der Waals surface area contributed by atoms with Gasteiger partial charge in [-0.2, -0.15) is 0 Å². The molecule has 6 rings (SSSR count). The predicted octanol–water partition coefficient (Wildman–Crippen LogP) is 5.70. The van der Waals surface area contributed by atoms with E-state index in [0.717, 1.165) is 34.0 Å². The fraction of sp³-hybridized carbons (Fsp3) is 0.200. The molecule has 0 spiro atoms. The average Bonchev–Trinajstić information content (AvgIpc) is 3.42. The summed E-state index contributed by atoms with van der Waals surface area (Å²) >= 11 is 5.19. The predicted molar refractivity (Wildman–Crippen MR) is 128 cm³/mol. The first kappa shape index (κ1) is 19.1. The highest BCUT2D eigenvalue weighted by Crippen LogP contribution is 2.44. The SMILES string of the molecule is O=C(c1cc2cc(Br)ccc2oc1=O)N1CCS[C@@H]1c1ccc2c3c(cccc13)CC2. The number of carbonyl (C=O) groups excluding carboxylic acids is 1. The van der Waals surface area contributed by atoms with Crippen LogP contribution in [0.5, 0.6) is 0 Å². The van der Waals surface area contributed by atoms with E-state index in [2.05, 4.69) is 46.3 Å². The second kappa shape index (κ2) is 7.24. The third-order valence-corrected chi connectivity index (χ3v) is 7.99. The minimum atomic E-state index is -0.587. The molecule has 4 nitrogen and oxygen atoms in total. The van der Waals surface area contributed by atoms with Crippen molar-refractivity contribution in [2.75, 3.05) is 12.3 Å². The summed E-state index contributed by atoms with van der Waals surface area (Å²) in [7, 11) is 0. The van der Waals surface area contributed by atoms with E-state index in [1.54, 1.807) is 23.9 Å². The van der Waals surface area contributed by atoms with E-state index in [9.17, 15) is 9.59 Å². The highest BCUT2D eigenvalue weighted by atomic mass is 79.9. The number of nitrogens with zero attached hydrogens (tertiary/aromatic N) is 1. The summed E-state index contributed by atoms with van der Waals surface area (Å²) in [5, 5.41) is 3.18. The number of fused-ring (bicyclic) bond motifs is 1. The standard InChI is InChI=1S/C25H18BrNO3S/c26-17-7-9-21-16(12-17)13-20(25(29)30-21)23(28)27-10-11-31-24(27)19-8-6-15-5-4-14-2-1-3-18(19)22(14)15/h1-3,6-9,12-13,24H,4-5,10-11H2/t24-/m1/s1. The maximum atomic E-state index is 13.5. The molecule has 4 aromatic rings. The Kier molecular flexibility index (Phi) is 4.47. The van der Waals surface area contributed by atoms with Crippen molar-refractivity contribution >= 4 is 55.3 Å². The summed E-state index contributed by atoms with van der Waals surface area (Å²) in [5.74, 6) is 0.568. The first-order chi connectivity index (χ1) is 15.1. The van der Waals surface area contributed by atoms with Gasteiger partial charge in [-0.3, -0.25) is 4.79 Å². The van der Waals surface area contributed by atoms with Gasteiger partial charge >= 0.3 is 5.63 Å². The van der Waals surface area contributed by atoms with Crippen LogP contribution in [0.1, 0.15) is 32.4 Å². The second-order valence-electron chi connectivity index (χ2n) is 8.00. The molecule has 0 saturated carbocycles. The van der Waals surface area contributed by atoms with Gasteiger partial charge in [-0.1, -0.05) is 46.3 Å². The minimum Gasteiger partial charge on any atom is -0.422 e. The van der Waals surface area contributed by atoms with Gasteiger partial charge in [-0.15, -0.1) is 11.8 Å². The molecule has 0 unspecified atom stereocenters. The van der Waals surface area contributed by atoms with Crippen molar-refractivity contribution in [3.8, 4) is 0 Å². The summed E-state index contributed by atoms with van der Waals surface area (Å²) < 4.78 is 6.32. The van der Waals surface area contributed by atoms with Crippen molar-refractivity contribution in [1.29, 1.82) is 0 Å². The number of benzene rings is 3. The van der Waals surface area contributed by atoms with Gasteiger partial charge in [-0.25, -0.2) is 4.79 Å². The Balaban J connectivity index is 1.44. The summed E-state index contributed by atoms with van der Waals surface area (Å²) in [4.78, 5) is 28.0. The van der Waals surface area contributed by atoms with Crippen LogP contribution in [0.25, 0.3) is 21.7 Å². The van der Waals surface area contributed by atoms with Crippen molar-refractivity contribution < 1.29 is 9.21 Å². The van der Waals surface area contributed by atoms with Crippen molar-refractivity contribution in [3.63, 3.8) is 0 Å². The molecule has 6 heteroatoms. The van der Waals surface area contributed by atoms with E-state index in [1.807, 2.05) is 17.0 Å². The molecule has 154 valence electrons. The topological polar surface area (TPSA) is 50.5 Å². The van der Waals surface area contributed by atoms with Crippen molar-refractivity contribution in [2.24, 2.45) is 0 Å². The Hall–Kier alpha value is -2.57. The molecule has 0 N–H and O–H groups in total. The zero-order valence-corrected chi connectivity index (χ0v) is 19.0. The lowest BCUT2D eigenvalue weighted by molar-refractivity contribution is 0.0757. The summed E-state index contributed by atoms with van der Waals surface area (Å²) in [6.07, 6.45) is 2.15. The molecule has 1 saturated heterocycles. The average molecular weight is 492 g/mol. The number of rotatable bonds is 2. The summed E-state index contributed by atoms with van der Waals surface area (Å²) in [6.45, 7) is 0.604. The lowest BCUT2D eigenvalue weighted by atomic mass is 9.99. The van der Waals surface area contributed by atoms with E-state index in [4.69, 9.17) is 4.42 Å². The van der Waals surface area contributed by atoms with E-state index in [-0.39, 0.29) is 16.8 Å². The largest absolute Gasteiger partial charge is 0.422 e. The van der Waals surface area contributed by atoms with Crippen LogP contribution in [0.15, 0.2) is 68.3 Å². The van der Waals surface area contributed by atoms with Gasteiger partial charge in [0.2, 0.25) is 0 Å². The number of hydrogen-bond acceptors (Lipinski definition) is 4. The third kappa shape index (κ3) is 3.04. The quantitative estimate of drug-likeness (QED) is 0.337. The van der Waals surface area contributed by atoms with Gasteiger partial charge in [0, 0.05) is 22.2 Å². The van der Waals surface area contributed by atoms with Crippen LogP contribution >= 0.6 is 27.7 Å². The lowest BCUT2D eigenvalue weighted by Gasteiger charge is -2.25. The van der Waals surface area contributed by atoms with E-state index < -0.39 is 5.63 Å². The highest BCUT2D eigenvalue weighted by Gasteiger charge is 2.34. The first-order valence-electron chi connectivity index (χ1n) is 10.3. The Labute approximate surface area is 191 Å². The van der Waals surface area contributed by atoms with E-state index >= 15 is 0 Å². The highest BCUT2D eigenvalue weighted by molar-refractivity contribution is 9.10. The fourth-order valence-electron chi connectivity index (χ4n) is 4.82. The molecule has 2 heterocycles. The normalized spacial score (nSPS) is 17.7. The Morgan fingerprint density at radius 1 is 1.06 bits per heavy atom. The van der Waals surface area contributed by atoms with Gasteiger partial charge in [0.25, 0.3) is 5.91 Å². The molecule has 31 heavy (non-hydrogen) atoms. The molecule has 1 atom stereocenters. The summed E-state index contributed by atoms with van der Waals surface area (Å²) in [6, 6.07) is 17.9. The summed E-state index contributed by atoms with van der Waals surface area (Å²) in [5.41, 5.74) is 3.89. The van der Waals surface area contributed by atoms with Crippen LogP contribution in [0.4, 0.5) is 0 Å². The maximum Gasteiger partial charge on any atom is 0.349 e. The van der Waals surface area contributed by atoms with Crippen molar-refractivity contribution in [2.45, 2.75) is 18.2 Å². The lowest BCUT2D eigenvalue weighted by Crippen LogP contribution is -2.33. The molecule has 1 fully saturated rings. The molecule has 1 aromatic heterocycles. The molecule has 0 bridgehead atoms. The van der Waals surface area contributed by atoms with Crippen LogP contribution < -0.4 is 5.63 Å². The Bertz CT molecular complexity index is 1430. The van der Waals surface area contributed by atoms with Crippen molar-refractivity contribution in [3.05, 3.63) is 91.7 Å². The van der Waals surface area contributed by atoms with Gasteiger partial charge in [-0.05, 0) is 64.6 Å². The zero-order chi connectivity index (χ0) is 21.1. The van der Waals surface area contributed by atoms with Gasteiger partial charge in [0.05, 0.1) is 0 Å². The van der Waals surface area contributed by atoms with Gasteiger partial charge < -0.3 is 9.32 Å².